The van der Waals surface area contributed by atoms with Crippen molar-refractivity contribution >= 4 is 18.6 Å². The Morgan fingerprint density at radius 3 is 2.50 bits per heavy atom. The molecular weight excluding hydrogens is 220 g/mol. The number of hydrogen-bond donors (Lipinski definition) is 1. The number of carbonyl (C=O) groups excluding carboxylic acids is 1. The van der Waals surface area contributed by atoms with Crippen LogP contribution in [0.25, 0.3) is 0 Å². The van der Waals surface area contributed by atoms with Gasteiger partial charge in [-0.2, -0.15) is 0 Å². The van der Waals surface area contributed by atoms with E-state index in [1.165, 1.54) is 0 Å². The molecule has 1 aromatic carbocycles. The van der Waals surface area contributed by atoms with Crippen molar-refractivity contribution in [2.45, 2.75) is 32.1 Å². The zero-order valence-electron chi connectivity index (χ0n) is 9.99. The molecule has 0 aliphatic carbocycles. The molecule has 0 amide bonds. The Hall–Kier alpha value is -0.960. The summed E-state index contributed by atoms with van der Waals surface area (Å²) in [7, 11) is 0. The molecule has 0 N–H and O–H groups in total. The Labute approximate surface area is 102 Å². The fraction of sp³-hybridized carbons (Fsp3) is 0.462. The standard InChI is InChI=1S/C13H18O2S/c1-13(2,3)8-9-15-12(14)10-6-4-5-7-11(10)16/h4-7,16H,8-9H2,1-3H3. The van der Waals surface area contributed by atoms with Gasteiger partial charge in [0.05, 0.1) is 12.2 Å². The largest absolute Gasteiger partial charge is 0.462 e. The average Bonchev–Trinajstić information content (AvgIpc) is 2.16. The van der Waals surface area contributed by atoms with Crippen molar-refractivity contribution in [1.29, 1.82) is 0 Å². The van der Waals surface area contributed by atoms with Crippen molar-refractivity contribution in [1.82, 2.24) is 0 Å². The van der Waals surface area contributed by atoms with Crippen molar-refractivity contribution < 1.29 is 9.53 Å². The molecule has 0 heterocycles. The van der Waals surface area contributed by atoms with Gasteiger partial charge in [-0.15, -0.1) is 12.6 Å². The molecule has 0 aliphatic rings. The van der Waals surface area contributed by atoms with Crippen LogP contribution in [0.15, 0.2) is 29.2 Å². The van der Waals surface area contributed by atoms with Crippen LogP contribution >= 0.6 is 12.6 Å². The lowest BCUT2D eigenvalue weighted by atomic mass is 9.93. The van der Waals surface area contributed by atoms with Crippen LogP contribution in [0.2, 0.25) is 0 Å². The van der Waals surface area contributed by atoms with E-state index in [0.29, 0.717) is 17.1 Å². The number of rotatable bonds is 3. The second kappa shape index (κ2) is 5.39. The van der Waals surface area contributed by atoms with Crippen molar-refractivity contribution in [2.24, 2.45) is 5.41 Å². The molecule has 0 aromatic heterocycles. The molecule has 0 bridgehead atoms. The Morgan fingerprint density at radius 2 is 1.94 bits per heavy atom. The minimum absolute atomic E-state index is 0.181. The van der Waals surface area contributed by atoms with Gasteiger partial charge >= 0.3 is 5.97 Å². The van der Waals surface area contributed by atoms with Crippen LogP contribution in [0, 0.1) is 5.41 Å². The van der Waals surface area contributed by atoms with Crippen LogP contribution < -0.4 is 0 Å². The van der Waals surface area contributed by atoms with Gasteiger partial charge in [0.2, 0.25) is 0 Å². The zero-order valence-corrected chi connectivity index (χ0v) is 10.9. The SMILES string of the molecule is CC(C)(C)CCOC(=O)c1ccccc1S. The summed E-state index contributed by atoms with van der Waals surface area (Å²) in [4.78, 5) is 12.3. The third-order valence-corrected chi connectivity index (χ3v) is 2.60. The van der Waals surface area contributed by atoms with Gasteiger partial charge in [0.25, 0.3) is 0 Å². The highest BCUT2D eigenvalue weighted by atomic mass is 32.1. The second-order valence-corrected chi connectivity index (χ2v) is 5.45. The first-order valence-electron chi connectivity index (χ1n) is 5.35. The Morgan fingerprint density at radius 1 is 1.31 bits per heavy atom. The Kier molecular flexibility index (Phi) is 4.42. The average molecular weight is 238 g/mol. The number of benzene rings is 1. The lowest BCUT2D eigenvalue weighted by Gasteiger charge is -2.17. The summed E-state index contributed by atoms with van der Waals surface area (Å²) in [6, 6.07) is 7.15. The smallest absolute Gasteiger partial charge is 0.339 e. The highest BCUT2D eigenvalue weighted by molar-refractivity contribution is 7.80. The van der Waals surface area contributed by atoms with Gasteiger partial charge < -0.3 is 4.74 Å². The molecule has 0 radical (unpaired) electrons. The number of thiol groups is 1. The van der Waals surface area contributed by atoms with Gasteiger partial charge in [0, 0.05) is 4.90 Å². The van der Waals surface area contributed by atoms with Gasteiger partial charge in [-0.1, -0.05) is 32.9 Å². The van der Waals surface area contributed by atoms with Crippen LogP contribution in [0.5, 0.6) is 0 Å². The summed E-state index contributed by atoms with van der Waals surface area (Å²) >= 11 is 4.22. The number of carbonyl (C=O) groups is 1. The predicted molar refractivity (Wildman–Crippen MR) is 68.0 cm³/mol. The van der Waals surface area contributed by atoms with Crippen LogP contribution in [0.4, 0.5) is 0 Å². The van der Waals surface area contributed by atoms with Crippen LogP contribution in [0.3, 0.4) is 0 Å². The van der Waals surface area contributed by atoms with Gasteiger partial charge in [0.1, 0.15) is 0 Å². The first-order valence-corrected chi connectivity index (χ1v) is 5.80. The molecular formula is C13H18O2S. The van der Waals surface area contributed by atoms with Crippen LogP contribution in [-0.2, 0) is 4.74 Å². The van der Waals surface area contributed by atoms with E-state index in [4.69, 9.17) is 4.74 Å². The molecule has 88 valence electrons. The topological polar surface area (TPSA) is 26.3 Å². The quantitative estimate of drug-likeness (QED) is 0.643. The molecule has 1 rings (SSSR count). The molecule has 2 nitrogen and oxygen atoms in total. The van der Waals surface area contributed by atoms with E-state index in [-0.39, 0.29) is 11.4 Å². The Bertz CT molecular complexity index is 366. The van der Waals surface area contributed by atoms with E-state index in [1.54, 1.807) is 18.2 Å². The van der Waals surface area contributed by atoms with Crippen molar-refractivity contribution in [3.63, 3.8) is 0 Å². The summed E-state index contributed by atoms with van der Waals surface area (Å²) in [5.74, 6) is -0.296. The van der Waals surface area contributed by atoms with Crippen molar-refractivity contribution in [2.75, 3.05) is 6.61 Å². The minimum Gasteiger partial charge on any atom is -0.462 e. The monoisotopic (exact) mass is 238 g/mol. The van der Waals surface area contributed by atoms with E-state index < -0.39 is 0 Å². The van der Waals surface area contributed by atoms with E-state index in [9.17, 15) is 4.79 Å². The minimum atomic E-state index is -0.296. The molecule has 0 saturated heterocycles. The van der Waals surface area contributed by atoms with E-state index >= 15 is 0 Å². The van der Waals surface area contributed by atoms with Crippen LogP contribution in [0.1, 0.15) is 37.6 Å². The molecule has 0 spiro atoms. The normalized spacial score (nSPS) is 11.2. The van der Waals surface area contributed by atoms with E-state index in [0.717, 1.165) is 6.42 Å². The highest BCUT2D eigenvalue weighted by Gasteiger charge is 2.13. The zero-order chi connectivity index (χ0) is 12.2. The first-order chi connectivity index (χ1) is 7.40. The molecule has 0 fully saturated rings. The third-order valence-electron chi connectivity index (χ3n) is 2.21. The summed E-state index contributed by atoms with van der Waals surface area (Å²) in [6.07, 6.45) is 0.855. The maximum atomic E-state index is 11.7. The number of hydrogen-bond acceptors (Lipinski definition) is 3. The van der Waals surface area contributed by atoms with Gasteiger partial charge in [-0.3, -0.25) is 0 Å². The molecule has 0 aliphatic heterocycles. The Balaban J connectivity index is 2.51. The van der Waals surface area contributed by atoms with Gasteiger partial charge in [-0.25, -0.2) is 4.79 Å². The fourth-order valence-electron chi connectivity index (χ4n) is 1.17. The lowest BCUT2D eigenvalue weighted by molar-refractivity contribution is 0.0461. The summed E-state index contributed by atoms with van der Waals surface area (Å²) in [6.45, 7) is 6.80. The molecule has 1 aromatic rings. The molecule has 16 heavy (non-hydrogen) atoms. The lowest BCUT2D eigenvalue weighted by Crippen LogP contribution is -2.13. The first kappa shape index (κ1) is 13.1. The third kappa shape index (κ3) is 4.27. The van der Waals surface area contributed by atoms with E-state index in [1.807, 2.05) is 6.07 Å². The summed E-state index contributed by atoms with van der Waals surface area (Å²) in [5.41, 5.74) is 0.709. The van der Waals surface area contributed by atoms with Gasteiger partial charge in [-0.05, 0) is 24.0 Å². The van der Waals surface area contributed by atoms with Crippen molar-refractivity contribution in [3.05, 3.63) is 29.8 Å². The van der Waals surface area contributed by atoms with Crippen molar-refractivity contribution in [3.8, 4) is 0 Å². The maximum Gasteiger partial charge on any atom is 0.339 e. The predicted octanol–water partition coefficient (Wildman–Crippen LogP) is 3.57. The highest BCUT2D eigenvalue weighted by Crippen LogP contribution is 2.19. The van der Waals surface area contributed by atoms with Gasteiger partial charge in [0.15, 0.2) is 0 Å². The molecule has 0 saturated carbocycles. The molecule has 3 heteroatoms. The summed E-state index contributed by atoms with van der Waals surface area (Å²) < 4.78 is 5.20. The maximum absolute atomic E-state index is 11.7. The second-order valence-electron chi connectivity index (χ2n) is 4.96. The number of ether oxygens (including phenoxy) is 1. The molecule has 0 atom stereocenters. The number of esters is 1. The fourth-order valence-corrected chi connectivity index (χ4v) is 1.43. The van der Waals surface area contributed by atoms with Crippen LogP contribution in [-0.4, -0.2) is 12.6 Å². The van der Waals surface area contributed by atoms with E-state index in [2.05, 4.69) is 33.4 Å². The molecule has 0 unspecified atom stereocenters. The summed E-state index contributed by atoms with van der Waals surface area (Å²) in [5, 5.41) is 0.